The van der Waals surface area contributed by atoms with Crippen molar-refractivity contribution in [2.45, 2.75) is 45.1 Å². The van der Waals surface area contributed by atoms with Gasteiger partial charge in [-0.25, -0.2) is 0 Å². The molecule has 0 spiro atoms. The molecule has 2 heteroatoms. The van der Waals surface area contributed by atoms with Crippen LogP contribution in [0.25, 0.3) is 0 Å². The molecule has 0 radical (unpaired) electrons. The lowest BCUT2D eigenvalue weighted by Crippen LogP contribution is -2.06. The highest BCUT2D eigenvalue weighted by atomic mass is 16.3. The summed E-state index contributed by atoms with van der Waals surface area (Å²) in [6.45, 7) is 2.01. The average molecular weight is 172 g/mol. The minimum atomic E-state index is -0.670. The van der Waals surface area contributed by atoms with Crippen LogP contribution in [0.5, 0.6) is 0 Å². The molecule has 2 nitrogen and oxygen atoms in total. The number of aliphatic hydroxyl groups excluding tert-OH is 2. The van der Waals surface area contributed by atoms with E-state index in [1.165, 1.54) is 25.7 Å². The SMILES string of the molecule is CCCCCC/C=C/[C@H](O)CO. The van der Waals surface area contributed by atoms with Crippen molar-refractivity contribution >= 4 is 0 Å². The van der Waals surface area contributed by atoms with Crippen molar-refractivity contribution in [2.75, 3.05) is 6.61 Å². The van der Waals surface area contributed by atoms with Gasteiger partial charge in [0, 0.05) is 0 Å². The van der Waals surface area contributed by atoms with Gasteiger partial charge in [0.15, 0.2) is 0 Å². The first kappa shape index (κ1) is 11.7. The molecular formula is C10H20O2. The molecule has 0 aromatic rings. The fourth-order valence-corrected chi connectivity index (χ4v) is 1.00. The first-order valence-electron chi connectivity index (χ1n) is 4.76. The molecule has 0 unspecified atom stereocenters. The van der Waals surface area contributed by atoms with Gasteiger partial charge in [0.2, 0.25) is 0 Å². The van der Waals surface area contributed by atoms with Crippen LogP contribution in [0.1, 0.15) is 39.0 Å². The lowest BCUT2D eigenvalue weighted by Gasteiger charge is -1.98. The molecule has 0 aromatic heterocycles. The molecule has 0 bridgehead atoms. The minimum absolute atomic E-state index is 0.175. The van der Waals surface area contributed by atoms with E-state index in [2.05, 4.69) is 6.92 Å². The van der Waals surface area contributed by atoms with Gasteiger partial charge in [-0.2, -0.15) is 0 Å². The molecule has 0 amide bonds. The zero-order valence-electron chi connectivity index (χ0n) is 7.87. The Labute approximate surface area is 74.9 Å². The van der Waals surface area contributed by atoms with Crippen LogP contribution in [0, 0.1) is 0 Å². The molecule has 0 heterocycles. The number of unbranched alkanes of at least 4 members (excludes halogenated alkanes) is 4. The summed E-state index contributed by atoms with van der Waals surface area (Å²) < 4.78 is 0. The number of aliphatic hydroxyl groups is 2. The molecule has 0 aromatic carbocycles. The zero-order chi connectivity index (χ0) is 9.23. The van der Waals surface area contributed by atoms with Gasteiger partial charge < -0.3 is 10.2 Å². The standard InChI is InChI=1S/C10H20O2/c1-2-3-4-5-6-7-8-10(12)9-11/h7-8,10-12H,2-6,9H2,1H3/b8-7+/t10-/m0/s1. The van der Waals surface area contributed by atoms with E-state index in [4.69, 9.17) is 10.2 Å². The Kier molecular flexibility index (Phi) is 8.51. The van der Waals surface area contributed by atoms with Gasteiger partial charge in [0.25, 0.3) is 0 Å². The van der Waals surface area contributed by atoms with Gasteiger partial charge in [-0.05, 0) is 12.8 Å². The Morgan fingerprint density at radius 3 is 2.58 bits per heavy atom. The maximum atomic E-state index is 8.92. The van der Waals surface area contributed by atoms with Crippen molar-refractivity contribution in [1.82, 2.24) is 0 Å². The lowest BCUT2D eigenvalue weighted by atomic mass is 10.1. The Morgan fingerprint density at radius 1 is 1.25 bits per heavy atom. The molecule has 0 saturated heterocycles. The molecule has 0 fully saturated rings. The van der Waals surface area contributed by atoms with Crippen molar-refractivity contribution in [3.05, 3.63) is 12.2 Å². The van der Waals surface area contributed by atoms with Gasteiger partial charge in [-0.15, -0.1) is 0 Å². The fourth-order valence-electron chi connectivity index (χ4n) is 1.00. The van der Waals surface area contributed by atoms with Crippen LogP contribution in [-0.2, 0) is 0 Å². The molecule has 0 aliphatic carbocycles. The zero-order valence-corrected chi connectivity index (χ0v) is 7.87. The first-order valence-corrected chi connectivity index (χ1v) is 4.76. The summed E-state index contributed by atoms with van der Waals surface area (Å²) in [4.78, 5) is 0. The van der Waals surface area contributed by atoms with Crippen LogP contribution < -0.4 is 0 Å². The van der Waals surface area contributed by atoms with Crippen molar-refractivity contribution in [2.24, 2.45) is 0 Å². The monoisotopic (exact) mass is 172 g/mol. The van der Waals surface area contributed by atoms with Gasteiger partial charge in [-0.1, -0.05) is 38.3 Å². The fraction of sp³-hybridized carbons (Fsp3) is 0.800. The Balaban J connectivity index is 3.12. The number of allylic oxidation sites excluding steroid dienone is 1. The van der Waals surface area contributed by atoms with Gasteiger partial charge in [0.1, 0.15) is 0 Å². The summed E-state index contributed by atoms with van der Waals surface area (Å²) in [7, 11) is 0. The first-order chi connectivity index (χ1) is 5.81. The predicted octanol–water partition coefficient (Wildman–Crippen LogP) is 1.87. The van der Waals surface area contributed by atoms with Crippen molar-refractivity contribution in [3.63, 3.8) is 0 Å². The second-order valence-corrected chi connectivity index (χ2v) is 3.03. The highest BCUT2D eigenvalue weighted by Crippen LogP contribution is 2.03. The van der Waals surface area contributed by atoms with E-state index in [9.17, 15) is 0 Å². The number of hydrogen-bond acceptors (Lipinski definition) is 2. The normalized spacial score (nSPS) is 13.9. The molecule has 1 atom stereocenters. The van der Waals surface area contributed by atoms with E-state index in [1.54, 1.807) is 6.08 Å². The summed E-state index contributed by atoms with van der Waals surface area (Å²) in [5.74, 6) is 0. The second-order valence-electron chi connectivity index (χ2n) is 3.03. The summed E-state index contributed by atoms with van der Waals surface area (Å²) in [6, 6.07) is 0. The van der Waals surface area contributed by atoms with Crippen LogP contribution in [0.3, 0.4) is 0 Å². The lowest BCUT2D eigenvalue weighted by molar-refractivity contribution is 0.131. The molecule has 0 aliphatic rings. The highest BCUT2D eigenvalue weighted by molar-refractivity contribution is 4.87. The third kappa shape index (κ3) is 7.76. The van der Waals surface area contributed by atoms with Crippen LogP contribution in [0.4, 0.5) is 0 Å². The molecule has 2 N–H and O–H groups in total. The summed E-state index contributed by atoms with van der Waals surface area (Å²) >= 11 is 0. The summed E-state index contributed by atoms with van der Waals surface area (Å²) in [5.41, 5.74) is 0. The van der Waals surface area contributed by atoms with Gasteiger partial charge >= 0.3 is 0 Å². The smallest absolute Gasteiger partial charge is 0.0951 e. The van der Waals surface area contributed by atoms with Crippen molar-refractivity contribution < 1.29 is 10.2 Å². The second kappa shape index (κ2) is 8.75. The van der Waals surface area contributed by atoms with Crippen molar-refractivity contribution in [3.8, 4) is 0 Å². The molecule has 0 aliphatic heterocycles. The molecule has 12 heavy (non-hydrogen) atoms. The van der Waals surface area contributed by atoms with E-state index in [-0.39, 0.29) is 6.61 Å². The van der Waals surface area contributed by atoms with Gasteiger partial charge in [-0.3, -0.25) is 0 Å². The van der Waals surface area contributed by atoms with Crippen LogP contribution >= 0.6 is 0 Å². The Hall–Kier alpha value is -0.340. The maximum Gasteiger partial charge on any atom is 0.0951 e. The predicted molar refractivity (Wildman–Crippen MR) is 51.0 cm³/mol. The Morgan fingerprint density at radius 2 is 2.00 bits per heavy atom. The maximum absolute atomic E-state index is 8.92. The van der Waals surface area contributed by atoms with E-state index in [1.807, 2.05) is 6.08 Å². The molecule has 0 rings (SSSR count). The van der Waals surface area contributed by atoms with E-state index in [0.29, 0.717) is 0 Å². The number of hydrogen-bond donors (Lipinski definition) is 2. The molecule has 0 saturated carbocycles. The summed E-state index contributed by atoms with van der Waals surface area (Å²) in [6.07, 6.45) is 8.92. The third-order valence-electron chi connectivity index (χ3n) is 1.77. The molecular weight excluding hydrogens is 152 g/mol. The third-order valence-corrected chi connectivity index (χ3v) is 1.77. The van der Waals surface area contributed by atoms with Crippen LogP contribution in [0.15, 0.2) is 12.2 Å². The quantitative estimate of drug-likeness (QED) is 0.454. The largest absolute Gasteiger partial charge is 0.393 e. The minimum Gasteiger partial charge on any atom is -0.393 e. The van der Waals surface area contributed by atoms with Crippen molar-refractivity contribution in [1.29, 1.82) is 0 Å². The average Bonchev–Trinajstić information content (AvgIpc) is 2.10. The highest BCUT2D eigenvalue weighted by Gasteiger charge is 1.92. The van der Waals surface area contributed by atoms with E-state index >= 15 is 0 Å². The van der Waals surface area contributed by atoms with E-state index < -0.39 is 6.10 Å². The topological polar surface area (TPSA) is 40.5 Å². The van der Waals surface area contributed by atoms with E-state index in [0.717, 1.165) is 6.42 Å². The van der Waals surface area contributed by atoms with Crippen LogP contribution in [0.2, 0.25) is 0 Å². The van der Waals surface area contributed by atoms with Crippen LogP contribution in [-0.4, -0.2) is 22.9 Å². The molecule has 72 valence electrons. The Bertz CT molecular complexity index is 110. The number of rotatable bonds is 7. The van der Waals surface area contributed by atoms with Gasteiger partial charge in [0.05, 0.1) is 12.7 Å². The summed E-state index contributed by atoms with van der Waals surface area (Å²) in [5, 5.41) is 17.4.